The summed E-state index contributed by atoms with van der Waals surface area (Å²) in [5.41, 5.74) is 14.3. The Kier molecular flexibility index (Phi) is 7.95. The van der Waals surface area contributed by atoms with Gasteiger partial charge in [0.05, 0.1) is 22.4 Å². The Bertz CT molecular complexity index is 4190. The van der Waals surface area contributed by atoms with Crippen LogP contribution in [0.25, 0.3) is 115 Å². The Hall–Kier alpha value is -8.86. The first kappa shape index (κ1) is 36.6. The van der Waals surface area contributed by atoms with Gasteiger partial charge in [-0.25, -0.2) is 0 Å². The molecule has 4 nitrogen and oxygen atoms in total. The van der Waals surface area contributed by atoms with E-state index >= 15 is 0 Å². The van der Waals surface area contributed by atoms with Crippen LogP contribution in [0, 0.1) is 0 Å². The van der Waals surface area contributed by atoms with E-state index in [1.54, 1.807) is 0 Å². The van der Waals surface area contributed by atoms with Gasteiger partial charge in [-0.15, -0.1) is 0 Å². The van der Waals surface area contributed by atoms with E-state index in [-0.39, 0.29) is 0 Å². The second kappa shape index (κ2) is 14.3. The zero-order valence-corrected chi connectivity index (χ0v) is 35.7. The van der Waals surface area contributed by atoms with Crippen molar-refractivity contribution >= 4 is 104 Å². The Balaban J connectivity index is 1.05. The molecule has 0 N–H and O–H groups in total. The number of anilines is 3. The van der Waals surface area contributed by atoms with Crippen LogP contribution in [0.3, 0.4) is 0 Å². The SMILES string of the molecule is c1cc(-c2c(N(c3ccc(-c4cccc5oc6ccccc6c45)cc3)c3cc4ccccc4c4ccccc34)ccc3c2oc2ccccc23)cc(-n2c3ccccc3c3ccccc32)c1. The van der Waals surface area contributed by atoms with Gasteiger partial charge in [0.25, 0.3) is 0 Å². The molecular weight excluding hydrogens is 805 g/mol. The van der Waals surface area contributed by atoms with E-state index in [2.05, 4.69) is 228 Å². The maximum absolute atomic E-state index is 7.03. The zero-order valence-electron chi connectivity index (χ0n) is 35.7. The molecule has 0 atom stereocenters. The average molecular weight is 843 g/mol. The molecule has 0 spiro atoms. The van der Waals surface area contributed by atoms with Crippen molar-refractivity contribution in [3.05, 3.63) is 231 Å². The van der Waals surface area contributed by atoms with Crippen LogP contribution in [0.5, 0.6) is 0 Å². The van der Waals surface area contributed by atoms with Crippen molar-refractivity contribution in [2.24, 2.45) is 0 Å². The number of aromatic nitrogens is 1. The van der Waals surface area contributed by atoms with Gasteiger partial charge in [0.2, 0.25) is 0 Å². The van der Waals surface area contributed by atoms with Crippen molar-refractivity contribution in [3.63, 3.8) is 0 Å². The number of nitrogens with zero attached hydrogens (tertiary/aromatic N) is 2. The van der Waals surface area contributed by atoms with Crippen molar-refractivity contribution in [2.75, 3.05) is 4.90 Å². The zero-order chi connectivity index (χ0) is 43.3. The molecule has 14 rings (SSSR count). The van der Waals surface area contributed by atoms with Crippen LogP contribution >= 0.6 is 0 Å². The van der Waals surface area contributed by atoms with Crippen molar-refractivity contribution in [3.8, 4) is 27.9 Å². The van der Waals surface area contributed by atoms with Crippen molar-refractivity contribution in [1.29, 1.82) is 0 Å². The van der Waals surface area contributed by atoms with Crippen LogP contribution < -0.4 is 4.90 Å². The summed E-state index contributed by atoms with van der Waals surface area (Å²) in [4.78, 5) is 2.45. The number of para-hydroxylation sites is 4. The van der Waals surface area contributed by atoms with Gasteiger partial charge in [0, 0.05) is 54.6 Å². The fourth-order valence-corrected chi connectivity index (χ4v) is 10.7. The quantitative estimate of drug-likeness (QED) is 0.156. The number of fused-ring (bicyclic) bond motifs is 12. The third kappa shape index (κ3) is 5.45. The molecule has 0 saturated heterocycles. The smallest absolute Gasteiger partial charge is 0.145 e. The van der Waals surface area contributed by atoms with E-state index in [9.17, 15) is 0 Å². The molecule has 66 heavy (non-hydrogen) atoms. The van der Waals surface area contributed by atoms with E-state index in [0.717, 1.165) is 94.3 Å². The number of hydrogen-bond acceptors (Lipinski definition) is 3. The lowest BCUT2D eigenvalue weighted by Gasteiger charge is -2.30. The minimum absolute atomic E-state index is 0.846. The minimum atomic E-state index is 0.846. The molecule has 11 aromatic carbocycles. The van der Waals surface area contributed by atoms with Crippen LogP contribution in [0.15, 0.2) is 239 Å². The van der Waals surface area contributed by atoms with E-state index in [0.29, 0.717) is 0 Å². The predicted molar refractivity (Wildman–Crippen MR) is 276 cm³/mol. The topological polar surface area (TPSA) is 34.5 Å². The lowest BCUT2D eigenvalue weighted by Crippen LogP contribution is -2.12. The molecule has 3 heterocycles. The molecule has 0 bridgehead atoms. The molecule has 0 aliphatic carbocycles. The van der Waals surface area contributed by atoms with Gasteiger partial charge >= 0.3 is 0 Å². The minimum Gasteiger partial charge on any atom is -0.456 e. The van der Waals surface area contributed by atoms with E-state index in [1.807, 2.05) is 12.1 Å². The maximum atomic E-state index is 7.03. The lowest BCUT2D eigenvalue weighted by molar-refractivity contribution is 0.669. The highest BCUT2D eigenvalue weighted by molar-refractivity contribution is 6.18. The van der Waals surface area contributed by atoms with Crippen molar-refractivity contribution < 1.29 is 8.83 Å². The van der Waals surface area contributed by atoms with Gasteiger partial charge in [0.1, 0.15) is 22.3 Å². The fourth-order valence-electron chi connectivity index (χ4n) is 10.7. The molecule has 3 aromatic heterocycles. The second-order valence-electron chi connectivity index (χ2n) is 17.2. The van der Waals surface area contributed by atoms with E-state index in [4.69, 9.17) is 8.83 Å². The summed E-state index contributed by atoms with van der Waals surface area (Å²) >= 11 is 0. The third-order valence-corrected chi connectivity index (χ3v) is 13.6. The van der Waals surface area contributed by atoms with Crippen LogP contribution in [0.4, 0.5) is 17.1 Å². The Morgan fingerprint density at radius 3 is 1.73 bits per heavy atom. The highest BCUT2D eigenvalue weighted by Crippen LogP contribution is 2.50. The molecular formula is C62H38N2O2. The van der Waals surface area contributed by atoms with Gasteiger partial charge < -0.3 is 18.3 Å². The summed E-state index contributed by atoms with van der Waals surface area (Å²) in [6.07, 6.45) is 0. The number of rotatable bonds is 6. The number of hydrogen-bond donors (Lipinski definition) is 0. The van der Waals surface area contributed by atoms with Gasteiger partial charge in [-0.05, 0) is 106 Å². The number of benzene rings is 11. The Labute approximate surface area is 379 Å². The summed E-state index contributed by atoms with van der Waals surface area (Å²) < 4.78 is 15.8. The molecule has 0 unspecified atom stereocenters. The first-order valence-corrected chi connectivity index (χ1v) is 22.5. The molecule has 0 fully saturated rings. The third-order valence-electron chi connectivity index (χ3n) is 13.6. The first-order chi connectivity index (χ1) is 32.7. The fraction of sp³-hybridized carbons (Fsp3) is 0. The average Bonchev–Trinajstić information content (AvgIpc) is 4.06. The largest absolute Gasteiger partial charge is 0.456 e. The Morgan fingerprint density at radius 1 is 0.348 bits per heavy atom. The molecule has 4 heteroatoms. The van der Waals surface area contributed by atoms with Gasteiger partial charge in [0.15, 0.2) is 0 Å². The molecule has 0 amide bonds. The van der Waals surface area contributed by atoms with Gasteiger partial charge in [-0.3, -0.25) is 0 Å². The van der Waals surface area contributed by atoms with Crippen LogP contribution in [0.2, 0.25) is 0 Å². The Morgan fingerprint density at radius 2 is 0.955 bits per heavy atom. The van der Waals surface area contributed by atoms with Crippen LogP contribution in [-0.2, 0) is 0 Å². The highest BCUT2D eigenvalue weighted by Gasteiger charge is 2.26. The summed E-state index contributed by atoms with van der Waals surface area (Å²) in [7, 11) is 0. The van der Waals surface area contributed by atoms with Gasteiger partial charge in [-0.2, -0.15) is 0 Å². The van der Waals surface area contributed by atoms with Crippen molar-refractivity contribution in [1.82, 2.24) is 4.57 Å². The molecule has 0 aliphatic heterocycles. The second-order valence-corrected chi connectivity index (χ2v) is 17.2. The normalized spacial score (nSPS) is 11.9. The van der Waals surface area contributed by atoms with Crippen LogP contribution in [-0.4, -0.2) is 4.57 Å². The van der Waals surface area contributed by atoms with E-state index in [1.165, 1.54) is 38.0 Å². The molecule has 0 aliphatic rings. The molecule has 0 saturated carbocycles. The molecule has 14 aromatic rings. The molecule has 308 valence electrons. The molecule has 0 radical (unpaired) electrons. The summed E-state index contributed by atoms with van der Waals surface area (Å²) in [5.74, 6) is 0. The summed E-state index contributed by atoms with van der Waals surface area (Å²) in [6.45, 7) is 0. The summed E-state index contributed by atoms with van der Waals surface area (Å²) in [5, 5.41) is 11.6. The van der Waals surface area contributed by atoms with E-state index < -0.39 is 0 Å². The van der Waals surface area contributed by atoms with Gasteiger partial charge in [-0.1, -0.05) is 158 Å². The standard InChI is InChI=1S/C62H38N2O2/c1-2-18-44-40(15-1)38-56(47-20-4-3-19-46(44)47)63(42-33-31-39(32-34-42)45-25-14-30-59-61(45)52-24-8-12-29-58(52)65-59)55-36-35-51-50-23-7-11-28-57(50)66-62(51)60(55)41-16-13-17-43(37-41)64-53-26-9-5-21-48(53)49-22-6-10-27-54(49)64/h1-38H. The highest BCUT2D eigenvalue weighted by atomic mass is 16.3. The number of furan rings is 2. The predicted octanol–water partition coefficient (Wildman–Crippen LogP) is 17.7. The lowest BCUT2D eigenvalue weighted by atomic mass is 9.95. The van der Waals surface area contributed by atoms with Crippen molar-refractivity contribution in [2.45, 2.75) is 0 Å². The monoisotopic (exact) mass is 842 g/mol. The first-order valence-electron chi connectivity index (χ1n) is 22.5. The maximum Gasteiger partial charge on any atom is 0.145 e. The summed E-state index contributed by atoms with van der Waals surface area (Å²) in [6, 6.07) is 82.8. The van der Waals surface area contributed by atoms with Crippen LogP contribution in [0.1, 0.15) is 0 Å².